The first kappa shape index (κ1) is 35.7. The lowest BCUT2D eigenvalue weighted by molar-refractivity contribution is -0.264. The minimum absolute atomic E-state index is 0.0676. The van der Waals surface area contributed by atoms with Gasteiger partial charge in [-0.25, -0.2) is 0 Å². The van der Waals surface area contributed by atoms with Gasteiger partial charge < -0.3 is 29.5 Å². The average molecular weight is 637 g/mol. The van der Waals surface area contributed by atoms with Crippen LogP contribution in [0.5, 0.6) is 0 Å². The highest BCUT2D eigenvalue weighted by atomic mass is 16.6. The first-order valence-corrected chi connectivity index (χ1v) is 17.0. The number of aliphatic carboxylic acids is 1. The third-order valence-electron chi connectivity index (χ3n) is 11.8. The van der Waals surface area contributed by atoms with E-state index in [1.165, 1.54) is 0 Å². The quantitative estimate of drug-likeness (QED) is 0.239. The second kappa shape index (κ2) is 12.4. The van der Waals surface area contributed by atoms with Gasteiger partial charge in [-0.1, -0.05) is 27.7 Å². The number of carbonyl (C=O) groups excluding carboxylic acids is 3. The van der Waals surface area contributed by atoms with Crippen molar-refractivity contribution in [1.29, 1.82) is 0 Å². The molecule has 7 aliphatic rings. The SMILES string of the molecule is CCC(C)(C)C(=O)O.CCC(C)(C)C(=O)OC12CC3CC(O)(CC(O)(C3)C1)C2.CCC(C)C(=O)OC1C2CC3C(=O)OC1C3C2. The van der Waals surface area contributed by atoms with Crippen LogP contribution in [-0.4, -0.2) is 68.2 Å². The maximum Gasteiger partial charge on any atom is 0.312 e. The van der Waals surface area contributed by atoms with Crippen LogP contribution in [0.25, 0.3) is 0 Å². The predicted molar refractivity (Wildman–Crippen MR) is 165 cm³/mol. The zero-order chi connectivity index (χ0) is 33.8. The Labute approximate surface area is 267 Å². The molecule has 0 spiro atoms. The van der Waals surface area contributed by atoms with Crippen molar-refractivity contribution in [1.82, 2.24) is 0 Å². The molecule has 8 unspecified atom stereocenters. The van der Waals surface area contributed by atoms with E-state index in [0.29, 0.717) is 37.5 Å². The Bertz CT molecular complexity index is 1140. The molecule has 0 amide bonds. The molecule has 1 heterocycles. The molecular formula is C35H56O10. The van der Waals surface area contributed by atoms with Gasteiger partial charge in [-0.05, 0) is 85.0 Å². The molecule has 1 aliphatic heterocycles. The molecule has 45 heavy (non-hydrogen) atoms. The average Bonchev–Trinajstić information content (AvgIpc) is 3.56. The van der Waals surface area contributed by atoms with Gasteiger partial charge in [-0.3, -0.25) is 19.2 Å². The number of esters is 3. The minimum Gasteiger partial charge on any atom is -0.481 e. The molecule has 6 aliphatic carbocycles. The van der Waals surface area contributed by atoms with E-state index in [-0.39, 0.29) is 47.9 Å². The van der Waals surface area contributed by atoms with E-state index in [9.17, 15) is 29.4 Å². The first-order valence-electron chi connectivity index (χ1n) is 17.0. The number of aliphatic hydroxyl groups is 2. The fourth-order valence-corrected chi connectivity index (χ4v) is 8.48. The summed E-state index contributed by atoms with van der Waals surface area (Å²) < 4.78 is 16.8. The summed E-state index contributed by atoms with van der Waals surface area (Å²) in [6.07, 6.45) is 7.39. The molecule has 256 valence electrons. The molecule has 0 radical (unpaired) electrons. The van der Waals surface area contributed by atoms with Crippen molar-refractivity contribution in [3.8, 4) is 0 Å². The zero-order valence-corrected chi connectivity index (χ0v) is 28.5. The van der Waals surface area contributed by atoms with E-state index in [0.717, 1.165) is 44.9 Å². The molecule has 0 aromatic rings. The van der Waals surface area contributed by atoms with E-state index in [1.807, 2.05) is 41.5 Å². The van der Waals surface area contributed by atoms with E-state index >= 15 is 0 Å². The van der Waals surface area contributed by atoms with Gasteiger partial charge in [0.2, 0.25) is 0 Å². The van der Waals surface area contributed by atoms with Crippen molar-refractivity contribution in [2.24, 2.45) is 40.4 Å². The van der Waals surface area contributed by atoms with Crippen LogP contribution >= 0.6 is 0 Å². The Morgan fingerprint density at radius 2 is 1.51 bits per heavy atom. The van der Waals surface area contributed by atoms with Crippen molar-refractivity contribution < 1.29 is 48.7 Å². The molecule has 1 saturated heterocycles. The lowest BCUT2D eigenvalue weighted by Crippen LogP contribution is -2.67. The second-order valence-corrected chi connectivity index (χ2v) is 16.4. The van der Waals surface area contributed by atoms with Gasteiger partial charge in [0, 0.05) is 31.1 Å². The summed E-state index contributed by atoms with van der Waals surface area (Å²) in [5, 5.41) is 29.8. The highest BCUT2D eigenvalue weighted by Crippen LogP contribution is 2.61. The van der Waals surface area contributed by atoms with E-state index in [4.69, 9.17) is 19.3 Å². The van der Waals surface area contributed by atoms with Crippen molar-refractivity contribution in [2.45, 2.75) is 155 Å². The van der Waals surface area contributed by atoms with Crippen LogP contribution < -0.4 is 0 Å². The number of hydrogen-bond donors (Lipinski definition) is 3. The third kappa shape index (κ3) is 7.21. The van der Waals surface area contributed by atoms with E-state index in [2.05, 4.69) is 0 Å². The molecule has 6 bridgehead atoms. The molecule has 8 atom stereocenters. The van der Waals surface area contributed by atoms with Crippen molar-refractivity contribution in [2.75, 3.05) is 0 Å². The molecular weight excluding hydrogens is 580 g/mol. The molecule has 3 N–H and O–H groups in total. The van der Waals surface area contributed by atoms with Gasteiger partial charge >= 0.3 is 23.9 Å². The van der Waals surface area contributed by atoms with Crippen LogP contribution in [0, 0.1) is 40.4 Å². The van der Waals surface area contributed by atoms with Crippen molar-refractivity contribution in [3.05, 3.63) is 0 Å². The summed E-state index contributed by atoms with van der Waals surface area (Å²) in [4.78, 5) is 46.0. The summed E-state index contributed by atoms with van der Waals surface area (Å²) in [5.74, 6) is -0.204. The van der Waals surface area contributed by atoms with Gasteiger partial charge in [-0.2, -0.15) is 0 Å². The molecule has 7 fully saturated rings. The van der Waals surface area contributed by atoms with Crippen molar-refractivity contribution >= 4 is 23.9 Å². The van der Waals surface area contributed by atoms with Gasteiger partial charge in [-0.15, -0.1) is 0 Å². The number of carboxylic acids is 1. The molecule has 0 aromatic carbocycles. The highest BCUT2D eigenvalue weighted by Gasteiger charge is 2.65. The predicted octanol–water partition coefficient (Wildman–Crippen LogP) is 5.20. The number of hydrogen-bond acceptors (Lipinski definition) is 9. The summed E-state index contributed by atoms with van der Waals surface area (Å²) in [5.41, 5.74) is -3.38. The molecule has 10 heteroatoms. The Kier molecular flexibility index (Phi) is 9.85. The number of ether oxygens (including phenoxy) is 3. The van der Waals surface area contributed by atoms with E-state index < -0.39 is 33.6 Å². The molecule has 10 nitrogen and oxygen atoms in total. The topological polar surface area (TPSA) is 157 Å². The standard InChI is InChI=1S/C16H26O4.C13H18O4.C6H12O2/c1-4-13(2,3)12(17)20-16-7-11-5-14(18,9-16)8-15(19,6-11)10-16;1-3-6(2)12(14)16-10-7-4-8-9(5-7)13(15)17-11(8)10;1-4-6(2,3)5(7)8/h11,18-19H,4-10H2,1-3H3;6-11H,3-5H2,1-2H3;4H2,1-3H3,(H,7,8). The maximum atomic E-state index is 12.4. The van der Waals surface area contributed by atoms with Crippen LogP contribution in [0.3, 0.4) is 0 Å². The summed E-state index contributed by atoms with van der Waals surface area (Å²) >= 11 is 0. The number of carboxylic acid groups (broad SMARTS) is 1. The summed E-state index contributed by atoms with van der Waals surface area (Å²) in [6, 6.07) is 0. The minimum atomic E-state index is -0.842. The fourth-order valence-electron chi connectivity index (χ4n) is 8.48. The largest absolute Gasteiger partial charge is 0.481 e. The Hall–Kier alpha value is -2.20. The number of rotatable bonds is 8. The Morgan fingerprint density at radius 3 is 1.98 bits per heavy atom. The van der Waals surface area contributed by atoms with Gasteiger partial charge in [0.25, 0.3) is 0 Å². The molecule has 0 aromatic heterocycles. The summed E-state index contributed by atoms with van der Waals surface area (Å²) in [7, 11) is 0. The number of fused-ring (bicyclic) bond motifs is 1. The smallest absolute Gasteiger partial charge is 0.312 e. The van der Waals surface area contributed by atoms with Crippen LogP contribution in [-0.2, 0) is 33.4 Å². The van der Waals surface area contributed by atoms with Crippen LogP contribution in [0.4, 0.5) is 0 Å². The Morgan fingerprint density at radius 1 is 0.933 bits per heavy atom. The molecule has 7 rings (SSSR count). The lowest BCUT2D eigenvalue weighted by Gasteiger charge is -2.62. The Balaban J connectivity index is 0.000000168. The second-order valence-electron chi connectivity index (χ2n) is 16.4. The lowest BCUT2D eigenvalue weighted by atomic mass is 9.50. The zero-order valence-electron chi connectivity index (χ0n) is 28.5. The first-order chi connectivity index (χ1) is 20.7. The van der Waals surface area contributed by atoms with Gasteiger partial charge in [0.15, 0.2) is 0 Å². The summed E-state index contributed by atoms with van der Waals surface area (Å²) in [6.45, 7) is 14.9. The van der Waals surface area contributed by atoms with Crippen LogP contribution in [0.15, 0.2) is 0 Å². The van der Waals surface area contributed by atoms with Crippen LogP contribution in [0.2, 0.25) is 0 Å². The van der Waals surface area contributed by atoms with Gasteiger partial charge in [0.1, 0.15) is 17.8 Å². The normalized spacial score (nSPS) is 39.2. The third-order valence-corrected chi connectivity index (χ3v) is 11.8. The van der Waals surface area contributed by atoms with Crippen molar-refractivity contribution in [3.63, 3.8) is 0 Å². The monoisotopic (exact) mass is 636 g/mol. The maximum absolute atomic E-state index is 12.4. The van der Waals surface area contributed by atoms with Crippen LogP contribution in [0.1, 0.15) is 126 Å². The number of carbonyl (C=O) groups is 4. The molecule has 6 saturated carbocycles. The fraction of sp³-hybridized carbons (Fsp3) is 0.886. The van der Waals surface area contributed by atoms with Gasteiger partial charge in [0.05, 0.1) is 33.9 Å². The van der Waals surface area contributed by atoms with E-state index in [1.54, 1.807) is 13.8 Å². The highest BCUT2D eigenvalue weighted by molar-refractivity contribution is 5.78.